The third kappa shape index (κ3) is 4.03. The number of hydrogen-bond donors (Lipinski definition) is 2. The molecule has 0 fully saturated rings. The van der Waals surface area contributed by atoms with Crippen LogP contribution in [0.25, 0.3) is 0 Å². The predicted octanol–water partition coefficient (Wildman–Crippen LogP) is 2.58. The Balaban J connectivity index is 1.33. The number of benzene rings is 2. The van der Waals surface area contributed by atoms with E-state index in [9.17, 15) is 9.59 Å². The lowest BCUT2D eigenvalue weighted by Crippen LogP contribution is -2.42. The van der Waals surface area contributed by atoms with Crippen LogP contribution in [0.2, 0.25) is 0 Å². The highest BCUT2D eigenvalue weighted by atomic mass is 16.5. The van der Waals surface area contributed by atoms with Gasteiger partial charge in [0, 0.05) is 18.5 Å². The SMILES string of the molecule is COc1ccc(CCc2nc(NC(=O)[C@H](C)N3Cc4ccccc4C3=O)n[nH]2)cc1. The van der Waals surface area contributed by atoms with Crippen molar-refractivity contribution in [3.8, 4) is 5.75 Å². The van der Waals surface area contributed by atoms with E-state index < -0.39 is 6.04 Å². The second-order valence-electron chi connectivity index (χ2n) is 7.21. The second kappa shape index (κ2) is 8.36. The zero-order chi connectivity index (χ0) is 21.1. The Bertz CT molecular complexity index is 1060. The van der Waals surface area contributed by atoms with Crippen molar-refractivity contribution in [3.05, 3.63) is 71.0 Å². The predicted molar refractivity (Wildman–Crippen MR) is 111 cm³/mol. The number of ether oxygens (including phenoxy) is 1. The summed E-state index contributed by atoms with van der Waals surface area (Å²) in [5, 5.41) is 9.62. The van der Waals surface area contributed by atoms with Gasteiger partial charge in [-0.25, -0.2) is 0 Å². The molecule has 0 unspecified atom stereocenters. The topological polar surface area (TPSA) is 100 Å². The summed E-state index contributed by atoms with van der Waals surface area (Å²) in [5.41, 5.74) is 2.73. The first kappa shape index (κ1) is 19.6. The lowest BCUT2D eigenvalue weighted by atomic mass is 10.1. The Kier molecular flexibility index (Phi) is 5.47. The number of carbonyl (C=O) groups is 2. The fourth-order valence-corrected chi connectivity index (χ4v) is 3.46. The molecule has 1 atom stereocenters. The minimum atomic E-state index is -0.633. The molecular formula is C22H23N5O3. The maximum Gasteiger partial charge on any atom is 0.255 e. The van der Waals surface area contributed by atoms with Crippen molar-refractivity contribution in [3.63, 3.8) is 0 Å². The van der Waals surface area contributed by atoms with Gasteiger partial charge in [-0.15, -0.1) is 5.10 Å². The highest BCUT2D eigenvalue weighted by Crippen LogP contribution is 2.24. The molecule has 2 N–H and O–H groups in total. The van der Waals surface area contributed by atoms with Crippen LogP contribution < -0.4 is 10.1 Å². The highest BCUT2D eigenvalue weighted by molar-refractivity contribution is 6.03. The Morgan fingerprint density at radius 3 is 2.70 bits per heavy atom. The Hall–Kier alpha value is -3.68. The number of aromatic amines is 1. The van der Waals surface area contributed by atoms with E-state index in [1.54, 1.807) is 25.0 Å². The second-order valence-corrected chi connectivity index (χ2v) is 7.21. The molecular weight excluding hydrogens is 382 g/mol. The van der Waals surface area contributed by atoms with Crippen molar-refractivity contribution < 1.29 is 14.3 Å². The zero-order valence-electron chi connectivity index (χ0n) is 16.9. The Morgan fingerprint density at radius 1 is 1.20 bits per heavy atom. The summed E-state index contributed by atoms with van der Waals surface area (Å²) < 4.78 is 5.16. The molecule has 1 aliphatic rings. The molecule has 3 aromatic rings. The number of amides is 2. The quantitative estimate of drug-likeness (QED) is 0.629. The maximum absolute atomic E-state index is 12.6. The fraction of sp³-hybridized carbons (Fsp3) is 0.273. The summed E-state index contributed by atoms with van der Waals surface area (Å²) >= 11 is 0. The van der Waals surface area contributed by atoms with Gasteiger partial charge in [0.2, 0.25) is 11.9 Å². The van der Waals surface area contributed by atoms with Crippen molar-refractivity contribution in [2.24, 2.45) is 0 Å². The summed E-state index contributed by atoms with van der Waals surface area (Å²) in [5.74, 6) is 1.25. The molecule has 2 amide bonds. The van der Waals surface area contributed by atoms with Crippen LogP contribution in [0.3, 0.4) is 0 Å². The van der Waals surface area contributed by atoms with Crippen LogP contribution in [0, 0.1) is 0 Å². The van der Waals surface area contributed by atoms with E-state index in [1.165, 1.54) is 0 Å². The smallest absolute Gasteiger partial charge is 0.255 e. The first-order valence-electron chi connectivity index (χ1n) is 9.79. The number of aromatic nitrogens is 3. The number of anilines is 1. The standard InChI is InChI=1S/C22H23N5O3/c1-14(27-13-16-5-3-4-6-18(16)21(27)29)20(28)24-22-23-19(25-26-22)12-9-15-7-10-17(30-2)11-8-15/h3-8,10-11,14H,9,12-13H2,1-2H3,(H2,23,24,25,26,28)/t14-/m0/s1. The number of H-pyrrole nitrogens is 1. The Morgan fingerprint density at radius 2 is 1.97 bits per heavy atom. The molecule has 1 aromatic heterocycles. The summed E-state index contributed by atoms with van der Waals surface area (Å²) in [7, 11) is 1.64. The number of nitrogens with zero attached hydrogens (tertiary/aromatic N) is 3. The lowest BCUT2D eigenvalue weighted by Gasteiger charge is -2.22. The number of rotatable bonds is 7. The van der Waals surface area contributed by atoms with Gasteiger partial charge in [-0.05, 0) is 42.7 Å². The third-order valence-corrected chi connectivity index (χ3v) is 5.27. The third-order valence-electron chi connectivity index (χ3n) is 5.27. The molecule has 0 aliphatic carbocycles. The number of nitrogens with one attached hydrogen (secondary N) is 2. The van der Waals surface area contributed by atoms with Crippen molar-refractivity contribution in [1.82, 2.24) is 20.1 Å². The molecule has 154 valence electrons. The van der Waals surface area contributed by atoms with Crippen molar-refractivity contribution in [2.75, 3.05) is 12.4 Å². The van der Waals surface area contributed by atoms with Gasteiger partial charge in [0.05, 0.1) is 7.11 Å². The molecule has 1 aliphatic heterocycles. The van der Waals surface area contributed by atoms with Gasteiger partial charge in [-0.2, -0.15) is 4.98 Å². The number of hydrogen-bond acceptors (Lipinski definition) is 5. The van der Waals surface area contributed by atoms with E-state index in [2.05, 4.69) is 20.5 Å². The molecule has 8 nitrogen and oxygen atoms in total. The van der Waals surface area contributed by atoms with Gasteiger partial charge in [0.15, 0.2) is 0 Å². The number of fused-ring (bicyclic) bond motifs is 1. The lowest BCUT2D eigenvalue weighted by molar-refractivity contribution is -0.120. The van der Waals surface area contributed by atoms with E-state index in [1.807, 2.05) is 42.5 Å². The summed E-state index contributed by atoms with van der Waals surface area (Å²) in [4.78, 5) is 31.1. The van der Waals surface area contributed by atoms with Crippen LogP contribution in [0.1, 0.15) is 34.2 Å². The van der Waals surface area contributed by atoms with E-state index in [-0.39, 0.29) is 17.8 Å². The largest absolute Gasteiger partial charge is 0.497 e. The van der Waals surface area contributed by atoms with Gasteiger partial charge in [0.1, 0.15) is 17.6 Å². The molecule has 2 heterocycles. The molecule has 0 saturated carbocycles. The minimum absolute atomic E-state index is 0.136. The van der Waals surface area contributed by atoms with Gasteiger partial charge >= 0.3 is 0 Å². The molecule has 0 radical (unpaired) electrons. The number of carbonyl (C=O) groups excluding carboxylic acids is 2. The first-order chi connectivity index (χ1) is 14.5. The van der Waals surface area contributed by atoms with E-state index >= 15 is 0 Å². The van der Waals surface area contributed by atoms with Gasteiger partial charge in [0.25, 0.3) is 5.91 Å². The minimum Gasteiger partial charge on any atom is -0.497 e. The highest BCUT2D eigenvalue weighted by Gasteiger charge is 2.33. The maximum atomic E-state index is 12.6. The fourth-order valence-electron chi connectivity index (χ4n) is 3.46. The monoisotopic (exact) mass is 405 g/mol. The van der Waals surface area contributed by atoms with E-state index in [0.717, 1.165) is 23.3 Å². The average Bonchev–Trinajstić information content (AvgIpc) is 3.36. The first-order valence-corrected chi connectivity index (χ1v) is 9.79. The van der Waals surface area contributed by atoms with Crippen molar-refractivity contribution in [1.29, 1.82) is 0 Å². The number of aryl methyl sites for hydroxylation is 2. The Labute approximate surface area is 174 Å². The van der Waals surface area contributed by atoms with E-state index in [4.69, 9.17) is 4.74 Å². The van der Waals surface area contributed by atoms with Gasteiger partial charge in [-0.3, -0.25) is 20.0 Å². The van der Waals surface area contributed by atoms with E-state index in [0.29, 0.717) is 24.4 Å². The molecule has 0 saturated heterocycles. The van der Waals surface area contributed by atoms with Crippen molar-refractivity contribution >= 4 is 17.8 Å². The molecule has 30 heavy (non-hydrogen) atoms. The molecule has 0 spiro atoms. The van der Waals surface area contributed by atoms with Crippen molar-refractivity contribution in [2.45, 2.75) is 32.4 Å². The van der Waals surface area contributed by atoms with Crippen LogP contribution in [0.5, 0.6) is 5.75 Å². The summed E-state index contributed by atoms with van der Waals surface area (Å²) in [6.07, 6.45) is 1.44. The summed E-state index contributed by atoms with van der Waals surface area (Å²) in [6.45, 7) is 2.13. The normalized spacial score (nSPS) is 13.8. The van der Waals surface area contributed by atoms with Crippen LogP contribution in [-0.2, 0) is 24.2 Å². The van der Waals surface area contributed by atoms with Crippen LogP contribution >= 0.6 is 0 Å². The van der Waals surface area contributed by atoms with Gasteiger partial charge < -0.3 is 9.64 Å². The molecule has 8 heteroatoms. The zero-order valence-corrected chi connectivity index (χ0v) is 16.9. The molecule has 4 rings (SSSR count). The van der Waals surface area contributed by atoms with Crippen LogP contribution in [0.4, 0.5) is 5.95 Å². The van der Waals surface area contributed by atoms with Crippen LogP contribution in [-0.4, -0.2) is 45.0 Å². The molecule has 2 aromatic carbocycles. The average molecular weight is 405 g/mol. The summed E-state index contributed by atoms with van der Waals surface area (Å²) in [6, 6.07) is 14.6. The van der Waals surface area contributed by atoms with Crippen LogP contribution in [0.15, 0.2) is 48.5 Å². The van der Waals surface area contributed by atoms with Gasteiger partial charge in [-0.1, -0.05) is 30.3 Å². The number of methoxy groups -OCH3 is 1. The molecule has 0 bridgehead atoms.